The van der Waals surface area contributed by atoms with E-state index in [-0.39, 0.29) is 0 Å². The van der Waals surface area contributed by atoms with E-state index in [2.05, 4.69) is 40.3 Å². The molecule has 1 unspecified atom stereocenters. The largest absolute Gasteiger partial charge is 0.395 e. The van der Waals surface area contributed by atoms with Gasteiger partial charge in [-0.3, -0.25) is 0 Å². The standard InChI is InChI=1S/C26H31N5O2/c1-6-32-28-24-23(17-21-15-11-12-16-22(21)19-27)30(4)25(29-33-7-2)26(3,31(24)5)18-20-13-9-8-10-14-20/h8-17H,6-7,18H2,1-5H3/b23-17-,28-24?,29-25?. The van der Waals surface area contributed by atoms with Crippen molar-refractivity contribution in [1.82, 2.24) is 9.80 Å². The van der Waals surface area contributed by atoms with E-state index in [1.54, 1.807) is 6.07 Å². The summed E-state index contributed by atoms with van der Waals surface area (Å²) in [5, 5.41) is 18.6. The lowest BCUT2D eigenvalue weighted by Gasteiger charge is -2.49. The van der Waals surface area contributed by atoms with E-state index in [4.69, 9.17) is 9.68 Å². The van der Waals surface area contributed by atoms with E-state index in [1.165, 1.54) is 5.56 Å². The molecular weight excluding hydrogens is 414 g/mol. The lowest BCUT2D eigenvalue weighted by atomic mass is 9.86. The number of likely N-dealkylation sites (N-methyl/N-ethyl adjacent to an activating group) is 2. The molecule has 1 aliphatic heterocycles. The van der Waals surface area contributed by atoms with Crippen LogP contribution in [0, 0.1) is 11.3 Å². The van der Waals surface area contributed by atoms with Gasteiger partial charge >= 0.3 is 0 Å². The Hall–Kier alpha value is -3.79. The first kappa shape index (κ1) is 23.9. The van der Waals surface area contributed by atoms with Crippen molar-refractivity contribution in [1.29, 1.82) is 5.26 Å². The molecule has 0 radical (unpaired) electrons. The Morgan fingerprint density at radius 3 is 2.27 bits per heavy atom. The summed E-state index contributed by atoms with van der Waals surface area (Å²) in [5.41, 5.74) is 2.74. The molecule has 1 saturated heterocycles. The zero-order valence-electron chi connectivity index (χ0n) is 19.9. The van der Waals surface area contributed by atoms with E-state index in [0.29, 0.717) is 31.0 Å². The fourth-order valence-corrected chi connectivity index (χ4v) is 3.92. The third-order valence-electron chi connectivity index (χ3n) is 5.77. The molecular formula is C26H31N5O2. The fourth-order valence-electron chi connectivity index (χ4n) is 3.92. The van der Waals surface area contributed by atoms with Gasteiger partial charge in [-0.15, -0.1) is 0 Å². The quantitative estimate of drug-likeness (QED) is 0.588. The van der Waals surface area contributed by atoms with Gasteiger partial charge < -0.3 is 19.5 Å². The summed E-state index contributed by atoms with van der Waals surface area (Å²) in [5.74, 6) is 1.40. The molecule has 7 heteroatoms. The maximum absolute atomic E-state index is 9.59. The molecule has 1 fully saturated rings. The highest BCUT2D eigenvalue weighted by Crippen LogP contribution is 2.33. The lowest BCUT2D eigenvalue weighted by Crippen LogP contribution is -2.64. The van der Waals surface area contributed by atoms with Gasteiger partial charge in [0.05, 0.1) is 17.3 Å². The van der Waals surface area contributed by atoms with Gasteiger partial charge in [0.1, 0.15) is 18.8 Å². The molecule has 0 spiro atoms. The summed E-state index contributed by atoms with van der Waals surface area (Å²) in [7, 11) is 3.93. The zero-order valence-corrected chi connectivity index (χ0v) is 19.9. The van der Waals surface area contributed by atoms with Crippen molar-refractivity contribution in [2.24, 2.45) is 10.3 Å². The molecule has 2 aromatic carbocycles. The van der Waals surface area contributed by atoms with Gasteiger partial charge in [0.2, 0.25) is 0 Å². The molecule has 3 rings (SSSR count). The van der Waals surface area contributed by atoms with E-state index in [0.717, 1.165) is 17.1 Å². The molecule has 1 atom stereocenters. The number of piperazine rings is 1. The Bertz CT molecular complexity index is 1090. The van der Waals surface area contributed by atoms with E-state index < -0.39 is 5.54 Å². The number of rotatable bonds is 7. The highest BCUT2D eigenvalue weighted by atomic mass is 16.6. The summed E-state index contributed by atoms with van der Waals surface area (Å²) in [6.07, 6.45) is 2.63. The summed E-state index contributed by atoms with van der Waals surface area (Å²) < 4.78 is 0. The van der Waals surface area contributed by atoms with Gasteiger partial charge in [-0.1, -0.05) is 58.8 Å². The van der Waals surface area contributed by atoms with E-state index in [1.807, 2.05) is 75.3 Å². The van der Waals surface area contributed by atoms with Crippen molar-refractivity contribution in [2.45, 2.75) is 32.7 Å². The number of hydrogen-bond donors (Lipinski definition) is 0. The number of nitriles is 1. The van der Waals surface area contributed by atoms with Crippen LogP contribution in [0.5, 0.6) is 0 Å². The van der Waals surface area contributed by atoms with Crippen molar-refractivity contribution in [3.05, 3.63) is 77.0 Å². The van der Waals surface area contributed by atoms with Crippen molar-refractivity contribution in [2.75, 3.05) is 27.3 Å². The first-order valence-corrected chi connectivity index (χ1v) is 11.1. The summed E-state index contributed by atoms with van der Waals surface area (Å²) in [6.45, 7) is 6.83. The molecule has 0 N–H and O–H groups in total. The molecule has 1 heterocycles. The molecule has 2 aromatic rings. The summed E-state index contributed by atoms with van der Waals surface area (Å²) >= 11 is 0. The van der Waals surface area contributed by atoms with Crippen LogP contribution >= 0.6 is 0 Å². The fraction of sp³-hybridized carbons (Fsp3) is 0.346. The summed E-state index contributed by atoms with van der Waals surface area (Å²) in [6, 6.07) is 20.0. The Morgan fingerprint density at radius 2 is 1.61 bits per heavy atom. The van der Waals surface area contributed by atoms with Crippen LogP contribution in [0.3, 0.4) is 0 Å². The predicted octanol–water partition coefficient (Wildman–Crippen LogP) is 4.48. The third kappa shape index (κ3) is 5.01. The monoisotopic (exact) mass is 445 g/mol. The van der Waals surface area contributed by atoms with Crippen LogP contribution in [-0.4, -0.2) is 54.3 Å². The maximum atomic E-state index is 9.59. The third-order valence-corrected chi connectivity index (χ3v) is 5.77. The minimum absolute atomic E-state index is 0.443. The Morgan fingerprint density at radius 1 is 0.970 bits per heavy atom. The van der Waals surface area contributed by atoms with Crippen LogP contribution in [0.25, 0.3) is 6.08 Å². The van der Waals surface area contributed by atoms with Gasteiger partial charge in [-0.25, -0.2) is 0 Å². The minimum Gasteiger partial charge on any atom is -0.395 e. The molecule has 33 heavy (non-hydrogen) atoms. The van der Waals surface area contributed by atoms with Crippen LogP contribution in [0.2, 0.25) is 0 Å². The van der Waals surface area contributed by atoms with Crippen LogP contribution in [-0.2, 0) is 16.1 Å². The second-order valence-corrected chi connectivity index (χ2v) is 7.95. The normalized spacial score (nSPS) is 22.0. The van der Waals surface area contributed by atoms with Crippen molar-refractivity contribution >= 4 is 17.7 Å². The van der Waals surface area contributed by atoms with Gasteiger partial charge in [0, 0.05) is 20.5 Å². The highest BCUT2D eigenvalue weighted by molar-refractivity contribution is 6.12. The predicted molar refractivity (Wildman–Crippen MR) is 131 cm³/mol. The second kappa shape index (κ2) is 10.7. The van der Waals surface area contributed by atoms with Crippen molar-refractivity contribution < 1.29 is 9.68 Å². The molecule has 7 nitrogen and oxygen atoms in total. The van der Waals surface area contributed by atoms with Gasteiger partial charge in [-0.2, -0.15) is 5.26 Å². The van der Waals surface area contributed by atoms with Crippen molar-refractivity contribution in [3.63, 3.8) is 0 Å². The smallest absolute Gasteiger partial charge is 0.192 e. The van der Waals surface area contributed by atoms with Gasteiger partial charge in [0.15, 0.2) is 11.7 Å². The number of amidine groups is 2. The second-order valence-electron chi connectivity index (χ2n) is 7.95. The lowest BCUT2D eigenvalue weighted by molar-refractivity contribution is 0.135. The highest BCUT2D eigenvalue weighted by Gasteiger charge is 2.47. The number of benzene rings is 2. The van der Waals surface area contributed by atoms with Crippen LogP contribution in [0.4, 0.5) is 0 Å². The first-order chi connectivity index (χ1) is 16.0. The average Bonchev–Trinajstić information content (AvgIpc) is 2.83. The molecule has 1 aliphatic rings. The molecule has 0 aliphatic carbocycles. The minimum atomic E-state index is -0.562. The topological polar surface area (TPSA) is 73.4 Å². The summed E-state index contributed by atoms with van der Waals surface area (Å²) in [4.78, 5) is 15.1. The van der Waals surface area contributed by atoms with E-state index in [9.17, 15) is 5.26 Å². The van der Waals surface area contributed by atoms with Gasteiger partial charge in [-0.05, 0) is 44.0 Å². The van der Waals surface area contributed by atoms with Crippen molar-refractivity contribution in [3.8, 4) is 6.07 Å². The zero-order chi connectivity index (χ0) is 23.8. The number of nitrogens with zero attached hydrogens (tertiary/aromatic N) is 5. The van der Waals surface area contributed by atoms with E-state index >= 15 is 0 Å². The van der Waals surface area contributed by atoms with Crippen LogP contribution < -0.4 is 0 Å². The number of oxime groups is 2. The average molecular weight is 446 g/mol. The Kier molecular flexibility index (Phi) is 7.73. The Balaban J connectivity index is 2.19. The molecule has 0 bridgehead atoms. The molecule has 0 amide bonds. The van der Waals surface area contributed by atoms with Crippen LogP contribution in [0.15, 0.2) is 70.6 Å². The Labute approximate surface area is 196 Å². The SMILES string of the molecule is CCON=C1/C(=C/c2ccccc2C#N)N(C)C(=NOCC)C(C)(Cc2ccccc2)N1C. The first-order valence-electron chi connectivity index (χ1n) is 11.1. The molecule has 172 valence electrons. The molecule has 0 aromatic heterocycles. The maximum Gasteiger partial charge on any atom is 0.192 e. The van der Waals surface area contributed by atoms with Gasteiger partial charge in [0.25, 0.3) is 0 Å². The number of hydrogen-bond acceptors (Lipinski definition) is 5. The molecule has 0 saturated carbocycles. The van der Waals surface area contributed by atoms with Crippen LogP contribution in [0.1, 0.15) is 37.5 Å².